The average molecular weight is 567 g/mol. The predicted octanol–water partition coefficient (Wildman–Crippen LogP) is 7.28. The van der Waals surface area contributed by atoms with Gasteiger partial charge in [-0.3, -0.25) is 9.44 Å². The summed E-state index contributed by atoms with van der Waals surface area (Å²) < 4.78 is 54.5. The van der Waals surface area contributed by atoms with Gasteiger partial charge in [0.15, 0.2) is 0 Å². The minimum atomic E-state index is -3.55. The molecule has 0 fully saturated rings. The molecule has 0 aliphatic heterocycles. The molecule has 8 heteroatoms. The van der Waals surface area contributed by atoms with Crippen LogP contribution in [0.3, 0.4) is 0 Å². The first kappa shape index (κ1) is 26.9. The maximum Gasteiger partial charge on any atom is 0.261 e. The molecular weight excluding hydrogens is 540 g/mol. The zero-order valence-electron chi connectivity index (χ0n) is 21.3. The molecule has 0 atom stereocenters. The van der Waals surface area contributed by atoms with Gasteiger partial charge in [-0.2, -0.15) is 0 Å². The minimum absolute atomic E-state index is 0.264. The maximum absolute atomic E-state index is 12.3. The zero-order valence-corrected chi connectivity index (χ0v) is 22.9. The molecule has 0 bridgehead atoms. The normalized spacial score (nSPS) is 11.4. The quantitative estimate of drug-likeness (QED) is 0.222. The van der Waals surface area contributed by atoms with E-state index in [2.05, 4.69) is 9.44 Å². The van der Waals surface area contributed by atoms with Crippen LogP contribution in [0.25, 0.3) is 21.5 Å². The number of fused-ring (bicyclic) bond motifs is 2. The van der Waals surface area contributed by atoms with Gasteiger partial charge in [-0.25, -0.2) is 16.8 Å². The van der Waals surface area contributed by atoms with Crippen LogP contribution in [-0.4, -0.2) is 16.8 Å². The number of hydrogen-bond donors (Lipinski definition) is 2. The monoisotopic (exact) mass is 566 g/mol. The fourth-order valence-electron chi connectivity index (χ4n) is 4.11. The summed E-state index contributed by atoms with van der Waals surface area (Å²) in [5.74, 6) is 0. The molecular formula is C32H26N2O4S2. The van der Waals surface area contributed by atoms with Crippen molar-refractivity contribution < 1.29 is 16.8 Å². The van der Waals surface area contributed by atoms with Crippen molar-refractivity contribution >= 4 is 53.0 Å². The topological polar surface area (TPSA) is 92.3 Å². The lowest BCUT2D eigenvalue weighted by Gasteiger charge is -2.08. The van der Waals surface area contributed by atoms with Gasteiger partial charge in [0, 0.05) is 11.4 Å². The molecule has 0 amide bonds. The molecule has 0 heterocycles. The summed E-state index contributed by atoms with van der Waals surface area (Å²) in [6.45, 7) is 0. The summed E-state index contributed by atoms with van der Waals surface area (Å²) >= 11 is 0. The van der Waals surface area contributed by atoms with Gasteiger partial charge in [0.05, 0.1) is 9.79 Å². The first-order chi connectivity index (χ1) is 19.3. The third-order valence-electron chi connectivity index (χ3n) is 6.11. The summed E-state index contributed by atoms with van der Waals surface area (Å²) in [6, 6.07) is 43.3. The molecule has 40 heavy (non-hydrogen) atoms. The molecule has 0 saturated carbocycles. The Morgan fingerprint density at radius 2 is 0.675 bits per heavy atom. The van der Waals surface area contributed by atoms with Crippen LogP contribution < -0.4 is 9.44 Å². The SMILES string of the molecule is O=S(=O)(Nc1ccccc1)c1ccc2ccccc2c1.O=S(=O)(Nc1ccccc1)c1ccc2ccccc2c1. The highest BCUT2D eigenvalue weighted by molar-refractivity contribution is 7.93. The average Bonchev–Trinajstić information content (AvgIpc) is 2.97. The van der Waals surface area contributed by atoms with Crippen molar-refractivity contribution in [3.05, 3.63) is 146 Å². The lowest BCUT2D eigenvalue weighted by molar-refractivity contribution is 0.599. The van der Waals surface area contributed by atoms with Crippen LogP contribution in [0.2, 0.25) is 0 Å². The Bertz CT molecular complexity index is 1830. The number of sulfonamides is 2. The van der Waals surface area contributed by atoms with E-state index in [0.29, 0.717) is 11.4 Å². The Labute approximate surface area is 234 Å². The van der Waals surface area contributed by atoms with Crippen molar-refractivity contribution in [2.75, 3.05) is 9.44 Å². The van der Waals surface area contributed by atoms with Gasteiger partial charge in [0.2, 0.25) is 0 Å². The molecule has 0 aliphatic rings. The number of rotatable bonds is 6. The minimum Gasteiger partial charge on any atom is -0.280 e. The van der Waals surface area contributed by atoms with Crippen molar-refractivity contribution in [3.8, 4) is 0 Å². The summed E-state index contributed by atoms with van der Waals surface area (Å²) in [4.78, 5) is 0.528. The van der Waals surface area contributed by atoms with Gasteiger partial charge < -0.3 is 0 Å². The second-order valence-corrected chi connectivity index (χ2v) is 12.3. The van der Waals surface area contributed by atoms with Gasteiger partial charge >= 0.3 is 0 Å². The lowest BCUT2D eigenvalue weighted by Crippen LogP contribution is -2.12. The van der Waals surface area contributed by atoms with E-state index in [9.17, 15) is 16.8 Å². The first-order valence-electron chi connectivity index (χ1n) is 12.4. The highest BCUT2D eigenvalue weighted by Gasteiger charge is 2.15. The van der Waals surface area contributed by atoms with Crippen molar-refractivity contribution in [3.63, 3.8) is 0 Å². The largest absolute Gasteiger partial charge is 0.280 e. The highest BCUT2D eigenvalue weighted by Crippen LogP contribution is 2.22. The van der Waals surface area contributed by atoms with Crippen LogP contribution >= 0.6 is 0 Å². The Hall–Kier alpha value is -4.66. The van der Waals surface area contributed by atoms with Gasteiger partial charge in [-0.15, -0.1) is 0 Å². The molecule has 0 aliphatic carbocycles. The van der Waals surface area contributed by atoms with Gasteiger partial charge in [0.25, 0.3) is 20.0 Å². The molecule has 0 unspecified atom stereocenters. The first-order valence-corrected chi connectivity index (χ1v) is 15.4. The van der Waals surface area contributed by atoms with Gasteiger partial charge in [-0.1, -0.05) is 97.1 Å². The second kappa shape index (κ2) is 11.6. The maximum atomic E-state index is 12.3. The van der Waals surface area contributed by atoms with Crippen molar-refractivity contribution in [1.82, 2.24) is 0 Å². The number of hydrogen-bond acceptors (Lipinski definition) is 4. The fraction of sp³-hybridized carbons (Fsp3) is 0. The van der Waals surface area contributed by atoms with Crippen LogP contribution in [0.1, 0.15) is 0 Å². The van der Waals surface area contributed by atoms with Crippen molar-refractivity contribution in [1.29, 1.82) is 0 Å². The molecule has 6 aromatic carbocycles. The van der Waals surface area contributed by atoms with E-state index in [0.717, 1.165) is 21.5 Å². The van der Waals surface area contributed by atoms with Crippen LogP contribution in [0.5, 0.6) is 0 Å². The fourth-order valence-corrected chi connectivity index (χ4v) is 6.30. The van der Waals surface area contributed by atoms with Crippen LogP contribution in [0.15, 0.2) is 155 Å². The van der Waals surface area contributed by atoms with E-state index in [1.54, 1.807) is 72.8 Å². The molecule has 0 spiro atoms. The molecule has 0 saturated heterocycles. The second-order valence-electron chi connectivity index (χ2n) is 8.96. The van der Waals surface area contributed by atoms with Gasteiger partial charge in [0.1, 0.15) is 0 Å². The Kier molecular flexibility index (Phi) is 7.82. The Morgan fingerprint density at radius 1 is 0.350 bits per heavy atom. The standard InChI is InChI=1S/2C16H13NO2S/c2*18-20(19,17-15-8-2-1-3-9-15)16-11-10-13-6-4-5-7-14(13)12-16/h2*1-12,17H. The van der Waals surface area contributed by atoms with E-state index in [1.165, 1.54) is 0 Å². The number of anilines is 2. The molecule has 200 valence electrons. The molecule has 6 nitrogen and oxygen atoms in total. The molecule has 2 N–H and O–H groups in total. The number of benzene rings is 6. The van der Waals surface area contributed by atoms with E-state index < -0.39 is 20.0 Å². The van der Waals surface area contributed by atoms with Crippen LogP contribution in [-0.2, 0) is 20.0 Å². The van der Waals surface area contributed by atoms with E-state index >= 15 is 0 Å². The summed E-state index contributed by atoms with van der Waals surface area (Å²) in [5, 5.41) is 3.85. The summed E-state index contributed by atoms with van der Waals surface area (Å²) in [7, 11) is -7.11. The van der Waals surface area contributed by atoms with Crippen molar-refractivity contribution in [2.24, 2.45) is 0 Å². The van der Waals surface area contributed by atoms with Crippen LogP contribution in [0, 0.1) is 0 Å². The Morgan fingerprint density at radius 3 is 1.05 bits per heavy atom. The molecule has 6 rings (SSSR count). The van der Waals surface area contributed by atoms with Crippen molar-refractivity contribution in [2.45, 2.75) is 9.79 Å². The Balaban J connectivity index is 0.000000161. The zero-order chi connectivity index (χ0) is 28.0. The third-order valence-corrected chi connectivity index (χ3v) is 8.87. The third kappa shape index (κ3) is 6.48. The summed E-state index contributed by atoms with van der Waals surface area (Å²) in [6.07, 6.45) is 0. The van der Waals surface area contributed by atoms with E-state index in [-0.39, 0.29) is 9.79 Å². The molecule has 0 radical (unpaired) electrons. The molecule has 6 aromatic rings. The predicted molar refractivity (Wildman–Crippen MR) is 162 cm³/mol. The number of para-hydroxylation sites is 2. The summed E-state index contributed by atoms with van der Waals surface area (Å²) in [5.41, 5.74) is 1.11. The van der Waals surface area contributed by atoms with E-state index in [1.807, 2.05) is 72.8 Å². The van der Waals surface area contributed by atoms with Gasteiger partial charge in [-0.05, 0) is 70.1 Å². The lowest BCUT2D eigenvalue weighted by atomic mass is 10.1. The van der Waals surface area contributed by atoms with E-state index in [4.69, 9.17) is 0 Å². The number of nitrogens with one attached hydrogen (secondary N) is 2. The smallest absolute Gasteiger partial charge is 0.261 e. The molecule has 0 aromatic heterocycles. The highest BCUT2D eigenvalue weighted by atomic mass is 32.2. The van der Waals surface area contributed by atoms with Crippen LogP contribution in [0.4, 0.5) is 11.4 Å².